The lowest BCUT2D eigenvalue weighted by Gasteiger charge is -2.41. The van der Waals surface area contributed by atoms with Gasteiger partial charge in [0.05, 0.1) is 11.7 Å². The topological polar surface area (TPSA) is 45.7 Å². The van der Waals surface area contributed by atoms with E-state index in [1.54, 1.807) is 6.20 Å². The van der Waals surface area contributed by atoms with Crippen molar-refractivity contribution in [3.63, 3.8) is 0 Å². The van der Waals surface area contributed by atoms with Crippen LogP contribution in [0.2, 0.25) is 0 Å². The first kappa shape index (κ1) is 17.7. The summed E-state index contributed by atoms with van der Waals surface area (Å²) >= 11 is 1.53. The number of likely N-dealkylation sites (tertiary alicyclic amines) is 2. The maximum absolute atomic E-state index is 12.8. The number of amides is 1. The van der Waals surface area contributed by atoms with Crippen molar-refractivity contribution in [1.82, 2.24) is 14.8 Å². The number of carbonyl (C=O) groups is 1. The van der Waals surface area contributed by atoms with Gasteiger partial charge in [0.2, 0.25) is 0 Å². The first-order valence-electron chi connectivity index (χ1n) is 8.78. The van der Waals surface area contributed by atoms with E-state index in [4.69, 9.17) is 4.74 Å². The molecule has 1 aromatic rings. The molecule has 6 heteroatoms. The Labute approximate surface area is 148 Å². The minimum absolute atomic E-state index is 0.129. The summed E-state index contributed by atoms with van der Waals surface area (Å²) in [6, 6.07) is 4.35. The zero-order valence-electron chi connectivity index (χ0n) is 14.6. The van der Waals surface area contributed by atoms with E-state index >= 15 is 0 Å². The van der Waals surface area contributed by atoms with Crippen LogP contribution in [-0.2, 0) is 4.74 Å². The predicted molar refractivity (Wildman–Crippen MR) is 96.5 cm³/mol. The van der Waals surface area contributed by atoms with Crippen LogP contribution in [0.4, 0.5) is 0 Å². The lowest BCUT2D eigenvalue weighted by Crippen LogP contribution is -2.49. The van der Waals surface area contributed by atoms with E-state index < -0.39 is 0 Å². The number of hydrogen-bond donors (Lipinski definition) is 0. The van der Waals surface area contributed by atoms with E-state index in [0.29, 0.717) is 12.1 Å². The fourth-order valence-corrected chi connectivity index (χ4v) is 4.34. The van der Waals surface area contributed by atoms with Gasteiger partial charge in [-0.15, -0.1) is 11.8 Å². The van der Waals surface area contributed by atoms with Crippen molar-refractivity contribution < 1.29 is 9.53 Å². The first-order chi connectivity index (χ1) is 11.7. The van der Waals surface area contributed by atoms with Crippen LogP contribution >= 0.6 is 11.8 Å². The van der Waals surface area contributed by atoms with E-state index in [-0.39, 0.29) is 5.91 Å². The summed E-state index contributed by atoms with van der Waals surface area (Å²) in [4.78, 5) is 21.7. The molecule has 5 nitrogen and oxygen atoms in total. The fraction of sp³-hybridized carbons (Fsp3) is 0.667. The van der Waals surface area contributed by atoms with Gasteiger partial charge in [-0.1, -0.05) is 0 Å². The van der Waals surface area contributed by atoms with Crippen LogP contribution < -0.4 is 0 Å². The summed E-state index contributed by atoms with van der Waals surface area (Å²) in [5, 5.41) is 0.825. The fourth-order valence-electron chi connectivity index (χ4n) is 3.80. The average molecular weight is 350 g/mol. The van der Waals surface area contributed by atoms with Crippen molar-refractivity contribution in [2.75, 3.05) is 39.5 Å². The van der Waals surface area contributed by atoms with Gasteiger partial charge < -0.3 is 14.5 Å². The highest BCUT2D eigenvalue weighted by Crippen LogP contribution is 2.24. The molecule has 132 valence electrons. The molecule has 0 radical (unpaired) electrons. The number of carbonyl (C=O) groups excluding carboxylic acids is 1. The van der Waals surface area contributed by atoms with E-state index in [2.05, 4.69) is 9.88 Å². The Kier molecular flexibility index (Phi) is 6.14. The smallest absolute Gasteiger partial charge is 0.256 e. The molecule has 3 rings (SSSR count). The van der Waals surface area contributed by atoms with E-state index in [0.717, 1.165) is 62.5 Å². The van der Waals surface area contributed by atoms with Gasteiger partial charge in [0.15, 0.2) is 0 Å². The summed E-state index contributed by atoms with van der Waals surface area (Å²) in [5.74, 6) is 0.129. The van der Waals surface area contributed by atoms with Crippen LogP contribution in [0.1, 0.15) is 36.0 Å². The Morgan fingerprint density at radius 2 is 1.92 bits per heavy atom. The van der Waals surface area contributed by atoms with Crippen molar-refractivity contribution in [3.8, 4) is 0 Å². The summed E-state index contributed by atoms with van der Waals surface area (Å²) in [6.45, 7) is 3.93. The molecule has 3 heterocycles. The number of rotatable bonds is 4. The quantitative estimate of drug-likeness (QED) is 0.782. The number of hydrogen-bond acceptors (Lipinski definition) is 5. The number of piperidine rings is 2. The summed E-state index contributed by atoms with van der Waals surface area (Å²) in [7, 11) is 1.81. The molecular formula is C18H27N3O2S. The summed E-state index contributed by atoms with van der Waals surface area (Å²) in [5.41, 5.74) is 0.740. The molecule has 2 aliphatic rings. The second-order valence-electron chi connectivity index (χ2n) is 6.55. The van der Waals surface area contributed by atoms with Crippen molar-refractivity contribution in [1.29, 1.82) is 0 Å². The maximum atomic E-state index is 12.8. The van der Waals surface area contributed by atoms with E-state index in [1.165, 1.54) is 11.8 Å². The van der Waals surface area contributed by atoms with E-state index in [9.17, 15) is 4.79 Å². The highest BCUT2D eigenvalue weighted by atomic mass is 32.2. The highest BCUT2D eigenvalue weighted by Gasteiger charge is 2.30. The Bertz CT molecular complexity index is 553. The highest BCUT2D eigenvalue weighted by molar-refractivity contribution is 7.98. The van der Waals surface area contributed by atoms with Crippen molar-refractivity contribution in [2.24, 2.45) is 0 Å². The van der Waals surface area contributed by atoms with Crippen LogP contribution in [0.25, 0.3) is 0 Å². The third-order valence-electron chi connectivity index (χ3n) is 5.27. The number of pyridine rings is 1. The normalized spacial score (nSPS) is 21.2. The molecule has 1 amide bonds. The van der Waals surface area contributed by atoms with E-state index in [1.807, 2.05) is 30.4 Å². The van der Waals surface area contributed by atoms with Crippen molar-refractivity contribution >= 4 is 17.7 Å². The molecule has 0 aromatic carbocycles. The Balaban J connectivity index is 1.54. The average Bonchev–Trinajstić information content (AvgIpc) is 2.67. The van der Waals surface area contributed by atoms with Crippen LogP contribution in [0, 0.1) is 0 Å². The molecule has 2 fully saturated rings. The monoisotopic (exact) mass is 349 g/mol. The standard InChI is InChI=1S/C18H27N3O2S/c1-23-15-7-12-20(13-8-15)14-5-10-21(11-6-14)18(22)16-4-3-9-19-17(16)24-2/h3-4,9,14-15H,5-8,10-13H2,1-2H3. The molecule has 0 bridgehead atoms. The van der Waals surface area contributed by atoms with Crippen molar-refractivity contribution in [2.45, 2.75) is 42.9 Å². The molecule has 0 saturated carbocycles. The number of aromatic nitrogens is 1. The summed E-state index contributed by atoms with van der Waals surface area (Å²) in [6.07, 6.45) is 8.54. The van der Waals surface area contributed by atoms with Gasteiger partial charge in [-0.2, -0.15) is 0 Å². The third kappa shape index (κ3) is 3.92. The number of nitrogens with zero attached hydrogens (tertiary/aromatic N) is 3. The Hall–Kier alpha value is -1.11. The molecule has 0 atom stereocenters. The van der Waals surface area contributed by atoms with Gasteiger partial charge in [0, 0.05) is 45.5 Å². The Morgan fingerprint density at radius 3 is 2.54 bits per heavy atom. The molecule has 0 aliphatic carbocycles. The molecule has 24 heavy (non-hydrogen) atoms. The molecule has 0 N–H and O–H groups in total. The zero-order valence-corrected chi connectivity index (χ0v) is 15.4. The van der Waals surface area contributed by atoms with Crippen LogP contribution in [-0.4, -0.2) is 72.4 Å². The predicted octanol–water partition coefficient (Wildman–Crippen LogP) is 2.52. The zero-order chi connectivity index (χ0) is 16.9. The first-order valence-corrected chi connectivity index (χ1v) is 10.0. The molecular weight excluding hydrogens is 322 g/mol. The second kappa shape index (κ2) is 8.32. The molecule has 2 saturated heterocycles. The van der Waals surface area contributed by atoms with Gasteiger partial charge in [0.25, 0.3) is 5.91 Å². The lowest BCUT2D eigenvalue weighted by molar-refractivity contribution is 0.0145. The van der Waals surface area contributed by atoms with Gasteiger partial charge in [-0.05, 0) is 44.1 Å². The molecule has 2 aliphatic heterocycles. The number of ether oxygens (including phenoxy) is 1. The molecule has 0 spiro atoms. The number of methoxy groups -OCH3 is 1. The lowest BCUT2D eigenvalue weighted by atomic mass is 9.98. The molecule has 1 aromatic heterocycles. The van der Waals surface area contributed by atoms with Gasteiger partial charge in [0.1, 0.15) is 5.03 Å². The largest absolute Gasteiger partial charge is 0.381 e. The van der Waals surface area contributed by atoms with Crippen LogP contribution in [0.15, 0.2) is 23.4 Å². The van der Waals surface area contributed by atoms with Gasteiger partial charge in [-0.3, -0.25) is 4.79 Å². The molecule has 0 unspecified atom stereocenters. The summed E-state index contributed by atoms with van der Waals surface area (Å²) < 4.78 is 5.46. The minimum Gasteiger partial charge on any atom is -0.381 e. The SMILES string of the molecule is COC1CCN(C2CCN(C(=O)c3cccnc3SC)CC2)CC1. The van der Waals surface area contributed by atoms with Gasteiger partial charge >= 0.3 is 0 Å². The third-order valence-corrected chi connectivity index (χ3v) is 5.98. The van der Waals surface area contributed by atoms with Gasteiger partial charge in [-0.25, -0.2) is 4.98 Å². The second-order valence-corrected chi connectivity index (χ2v) is 7.35. The Morgan fingerprint density at radius 1 is 1.21 bits per heavy atom. The van der Waals surface area contributed by atoms with Crippen LogP contribution in [0.3, 0.4) is 0 Å². The minimum atomic E-state index is 0.129. The maximum Gasteiger partial charge on any atom is 0.256 e. The van der Waals surface area contributed by atoms with Crippen molar-refractivity contribution in [3.05, 3.63) is 23.9 Å². The van der Waals surface area contributed by atoms with Crippen LogP contribution in [0.5, 0.6) is 0 Å². The number of thioether (sulfide) groups is 1.